The van der Waals surface area contributed by atoms with Crippen molar-refractivity contribution in [1.29, 1.82) is 0 Å². The molecule has 1 aliphatic rings. The summed E-state index contributed by atoms with van der Waals surface area (Å²) in [6, 6.07) is 1.65. The van der Waals surface area contributed by atoms with Crippen molar-refractivity contribution in [2.45, 2.75) is 6.04 Å². The fourth-order valence-corrected chi connectivity index (χ4v) is 1.95. The molecule has 1 aromatic rings. The summed E-state index contributed by atoms with van der Waals surface area (Å²) in [6.07, 6.45) is 3.20. The molecule has 2 heterocycles. The monoisotopic (exact) mass is 235 g/mol. The number of rotatable bonds is 2. The highest BCUT2D eigenvalue weighted by atomic mass is 16.2. The molecule has 1 aliphatic heterocycles. The molecule has 0 saturated carbocycles. The molecule has 0 aromatic carbocycles. The maximum atomic E-state index is 12.1. The molecule has 0 radical (unpaired) electrons. The van der Waals surface area contributed by atoms with E-state index in [1.165, 1.54) is 6.33 Å². The molecule has 2 rings (SSSR count). The SMILES string of the molecule is CN(C)C(=O)C1CNCCN1c1ccncn1. The van der Waals surface area contributed by atoms with E-state index >= 15 is 0 Å². The highest BCUT2D eigenvalue weighted by molar-refractivity contribution is 5.85. The van der Waals surface area contributed by atoms with Gasteiger partial charge in [0.05, 0.1) is 0 Å². The van der Waals surface area contributed by atoms with Gasteiger partial charge >= 0.3 is 0 Å². The van der Waals surface area contributed by atoms with E-state index in [1.807, 2.05) is 11.0 Å². The minimum Gasteiger partial charge on any atom is -0.347 e. The van der Waals surface area contributed by atoms with Gasteiger partial charge in [0, 0.05) is 39.9 Å². The molecule has 6 heteroatoms. The molecule has 6 nitrogen and oxygen atoms in total. The van der Waals surface area contributed by atoms with Crippen LogP contribution in [0.5, 0.6) is 0 Å². The van der Waals surface area contributed by atoms with Crippen LogP contribution in [0.25, 0.3) is 0 Å². The van der Waals surface area contributed by atoms with Crippen molar-refractivity contribution in [3.05, 3.63) is 18.6 Å². The number of hydrogen-bond acceptors (Lipinski definition) is 5. The molecule has 0 spiro atoms. The maximum Gasteiger partial charge on any atom is 0.246 e. The lowest BCUT2D eigenvalue weighted by atomic mass is 10.1. The zero-order valence-corrected chi connectivity index (χ0v) is 10.1. The number of hydrogen-bond donors (Lipinski definition) is 1. The van der Waals surface area contributed by atoms with E-state index in [4.69, 9.17) is 0 Å². The Balaban J connectivity index is 2.21. The minimum absolute atomic E-state index is 0.0933. The standard InChI is InChI=1S/C11H17N5O/c1-15(2)11(17)9-7-12-5-6-16(9)10-3-4-13-8-14-10/h3-4,8-9,12H,5-7H2,1-2H3. The van der Waals surface area contributed by atoms with Gasteiger partial charge in [0.15, 0.2) is 0 Å². The van der Waals surface area contributed by atoms with E-state index in [0.29, 0.717) is 6.54 Å². The molecule has 1 fully saturated rings. The molecule has 1 saturated heterocycles. The fraction of sp³-hybridized carbons (Fsp3) is 0.545. The van der Waals surface area contributed by atoms with Gasteiger partial charge in [-0.3, -0.25) is 4.79 Å². The van der Waals surface area contributed by atoms with Crippen LogP contribution in [-0.4, -0.2) is 60.5 Å². The van der Waals surface area contributed by atoms with Crippen LogP contribution in [0, 0.1) is 0 Å². The van der Waals surface area contributed by atoms with Crippen molar-refractivity contribution < 1.29 is 4.79 Å². The molecule has 1 atom stereocenters. The third kappa shape index (κ3) is 2.52. The van der Waals surface area contributed by atoms with Gasteiger partial charge < -0.3 is 15.1 Å². The Bertz CT molecular complexity index is 381. The lowest BCUT2D eigenvalue weighted by molar-refractivity contribution is -0.130. The van der Waals surface area contributed by atoms with Crippen molar-refractivity contribution in [3.8, 4) is 0 Å². The molecule has 92 valence electrons. The number of carbonyl (C=O) groups is 1. The number of piperazine rings is 1. The lowest BCUT2D eigenvalue weighted by Gasteiger charge is -2.37. The van der Waals surface area contributed by atoms with E-state index in [2.05, 4.69) is 15.3 Å². The molecule has 0 aliphatic carbocycles. The number of carbonyl (C=O) groups excluding carboxylic acids is 1. The summed E-state index contributed by atoms with van der Waals surface area (Å²) >= 11 is 0. The van der Waals surface area contributed by atoms with Crippen molar-refractivity contribution in [3.63, 3.8) is 0 Å². The second kappa shape index (κ2) is 5.09. The number of nitrogens with one attached hydrogen (secondary N) is 1. The molecular formula is C11H17N5O. The molecule has 1 aromatic heterocycles. The molecule has 1 N–H and O–H groups in total. The largest absolute Gasteiger partial charge is 0.347 e. The van der Waals surface area contributed by atoms with Crippen molar-refractivity contribution in [2.24, 2.45) is 0 Å². The number of likely N-dealkylation sites (N-methyl/N-ethyl adjacent to an activating group) is 1. The maximum absolute atomic E-state index is 12.1. The highest BCUT2D eigenvalue weighted by Crippen LogP contribution is 2.15. The first-order valence-corrected chi connectivity index (χ1v) is 5.64. The molecular weight excluding hydrogens is 218 g/mol. The average Bonchev–Trinajstić information content (AvgIpc) is 2.39. The Hall–Kier alpha value is -1.69. The number of nitrogens with zero attached hydrogens (tertiary/aromatic N) is 4. The Morgan fingerprint density at radius 3 is 3.06 bits per heavy atom. The second-order valence-electron chi connectivity index (χ2n) is 4.21. The van der Waals surface area contributed by atoms with Crippen LogP contribution < -0.4 is 10.2 Å². The van der Waals surface area contributed by atoms with Crippen LogP contribution in [0.1, 0.15) is 0 Å². The molecule has 1 unspecified atom stereocenters. The van der Waals surface area contributed by atoms with E-state index in [0.717, 1.165) is 18.9 Å². The van der Waals surface area contributed by atoms with Gasteiger partial charge in [0.25, 0.3) is 0 Å². The van der Waals surface area contributed by atoms with Crippen LogP contribution in [-0.2, 0) is 4.79 Å². The van der Waals surface area contributed by atoms with Crippen molar-refractivity contribution in [2.75, 3.05) is 38.6 Å². The third-order valence-electron chi connectivity index (χ3n) is 2.83. The normalized spacial score (nSPS) is 20.1. The summed E-state index contributed by atoms with van der Waals surface area (Å²) < 4.78 is 0. The first-order chi connectivity index (χ1) is 8.20. The predicted molar refractivity (Wildman–Crippen MR) is 64.7 cm³/mol. The zero-order chi connectivity index (χ0) is 12.3. The first-order valence-electron chi connectivity index (χ1n) is 5.64. The summed E-state index contributed by atoms with van der Waals surface area (Å²) in [5, 5.41) is 3.24. The van der Waals surface area contributed by atoms with E-state index in [-0.39, 0.29) is 11.9 Å². The van der Waals surface area contributed by atoms with Gasteiger partial charge in [-0.15, -0.1) is 0 Å². The van der Waals surface area contributed by atoms with E-state index in [1.54, 1.807) is 25.2 Å². The Morgan fingerprint density at radius 2 is 2.41 bits per heavy atom. The number of amides is 1. The quantitative estimate of drug-likeness (QED) is 0.737. The Kier molecular flexibility index (Phi) is 3.53. The second-order valence-corrected chi connectivity index (χ2v) is 4.21. The minimum atomic E-state index is -0.186. The van der Waals surface area contributed by atoms with Crippen molar-refractivity contribution >= 4 is 11.7 Å². The van der Waals surface area contributed by atoms with Gasteiger partial charge in [-0.1, -0.05) is 0 Å². The number of aromatic nitrogens is 2. The van der Waals surface area contributed by atoms with E-state index in [9.17, 15) is 4.79 Å². The van der Waals surface area contributed by atoms with Crippen LogP contribution in [0.15, 0.2) is 18.6 Å². The third-order valence-corrected chi connectivity index (χ3v) is 2.83. The Morgan fingerprint density at radius 1 is 1.59 bits per heavy atom. The van der Waals surface area contributed by atoms with E-state index < -0.39 is 0 Å². The summed E-state index contributed by atoms with van der Waals surface area (Å²) in [7, 11) is 3.55. The summed E-state index contributed by atoms with van der Waals surface area (Å²) in [4.78, 5) is 23.8. The smallest absolute Gasteiger partial charge is 0.246 e. The molecule has 17 heavy (non-hydrogen) atoms. The average molecular weight is 235 g/mol. The van der Waals surface area contributed by atoms with Gasteiger partial charge in [0.1, 0.15) is 18.2 Å². The van der Waals surface area contributed by atoms with Gasteiger partial charge in [-0.25, -0.2) is 9.97 Å². The predicted octanol–water partition coefficient (Wildman–Crippen LogP) is -0.657. The summed E-state index contributed by atoms with van der Waals surface area (Å²) in [5.74, 6) is 0.900. The van der Waals surface area contributed by atoms with Crippen LogP contribution in [0.2, 0.25) is 0 Å². The molecule has 0 bridgehead atoms. The van der Waals surface area contributed by atoms with Crippen LogP contribution in [0.4, 0.5) is 5.82 Å². The zero-order valence-electron chi connectivity index (χ0n) is 10.1. The lowest BCUT2D eigenvalue weighted by Crippen LogP contribution is -2.58. The summed E-state index contributed by atoms with van der Waals surface area (Å²) in [5.41, 5.74) is 0. The fourth-order valence-electron chi connectivity index (χ4n) is 1.95. The van der Waals surface area contributed by atoms with Gasteiger partial charge in [-0.2, -0.15) is 0 Å². The highest BCUT2D eigenvalue weighted by Gasteiger charge is 2.30. The van der Waals surface area contributed by atoms with Crippen LogP contribution >= 0.6 is 0 Å². The van der Waals surface area contributed by atoms with Gasteiger partial charge in [-0.05, 0) is 6.07 Å². The Labute approximate surface area is 101 Å². The van der Waals surface area contributed by atoms with Crippen LogP contribution in [0.3, 0.4) is 0 Å². The van der Waals surface area contributed by atoms with Gasteiger partial charge in [0.2, 0.25) is 5.91 Å². The first kappa shape index (κ1) is 11.8. The van der Waals surface area contributed by atoms with Crippen molar-refractivity contribution in [1.82, 2.24) is 20.2 Å². The molecule has 1 amide bonds. The topological polar surface area (TPSA) is 61.4 Å². The summed E-state index contributed by atoms with van der Waals surface area (Å²) in [6.45, 7) is 2.30. The number of anilines is 1.